The first kappa shape index (κ1) is 12.7. The van der Waals surface area contributed by atoms with E-state index in [2.05, 4.69) is 15.2 Å². The maximum atomic E-state index is 13.1. The topological polar surface area (TPSA) is 37.6 Å². The predicted octanol–water partition coefficient (Wildman–Crippen LogP) is 5.44. The lowest BCUT2D eigenvalue weighted by Gasteiger charge is -2.00. The van der Waals surface area contributed by atoms with Gasteiger partial charge < -0.3 is 0 Å². The van der Waals surface area contributed by atoms with Gasteiger partial charge in [-0.05, 0) is 36.4 Å². The highest BCUT2D eigenvalue weighted by Gasteiger charge is 2.02. The van der Waals surface area contributed by atoms with Crippen LogP contribution in [0.4, 0.5) is 15.8 Å². The van der Waals surface area contributed by atoms with Gasteiger partial charge in [-0.3, -0.25) is 4.98 Å². The minimum atomic E-state index is -0.340. The molecule has 0 unspecified atom stereocenters. The van der Waals surface area contributed by atoms with Crippen LogP contribution in [0.5, 0.6) is 0 Å². The van der Waals surface area contributed by atoms with E-state index in [4.69, 9.17) is 11.6 Å². The van der Waals surface area contributed by atoms with Gasteiger partial charge in [0.1, 0.15) is 5.82 Å². The number of halogens is 2. The third kappa shape index (κ3) is 2.65. The van der Waals surface area contributed by atoms with Crippen LogP contribution < -0.4 is 0 Å². The van der Waals surface area contributed by atoms with Gasteiger partial charge >= 0.3 is 0 Å². The fourth-order valence-corrected chi connectivity index (χ4v) is 2.01. The van der Waals surface area contributed by atoms with Crippen molar-refractivity contribution >= 4 is 33.9 Å². The highest BCUT2D eigenvalue weighted by atomic mass is 35.5. The van der Waals surface area contributed by atoms with Crippen LogP contribution in [0, 0.1) is 5.82 Å². The normalized spacial score (nSPS) is 11.3. The number of fused-ring (bicyclic) bond motifs is 1. The summed E-state index contributed by atoms with van der Waals surface area (Å²) in [6, 6.07) is 13.1. The van der Waals surface area contributed by atoms with Crippen LogP contribution in [0.1, 0.15) is 0 Å². The molecule has 0 N–H and O–H groups in total. The van der Waals surface area contributed by atoms with Crippen molar-refractivity contribution in [2.24, 2.45) is 10.2 Å². The maximum absolute atomic E-state index is 13.1. The van der Waals surface area contributed by atoms with Crippen LogP contribution in [0.2, 0.25) is 5.02 Å². The highest BCUT2D eigenvalue weighted by molar-refractivity contribution is 6.31. The quantitative estimate of drug-likeness (QED) is 0.577. The number of aromatic nitrogens is 1. The Morgan fingerprint density at radius 3 is 2.75 bits per heavy atom. The van der Waals surface area contributed by atoms with Crippen LogP contribution in [-0.4, -0.2) is 4.98 Å². The zero-order valence-corrected chi connectivity index (χ0v) is 11.0. The Hall–Kier alpha value is -2.33. The number of nitrogens with zero attached hydrogens (tertiary/aromatic N) is 3. The standard InChI is InChI=1S/C15H9ClFN3/c16-10-4-5-13-14(6-7-18-15(13)8-10)20-19-12-3-1-2-11(17)9-12/h1-9H. The number of pyridine rings is 1. The zero-order chi connectivity index (χ0) is 13.9. The summed E-state index contributed by atoms with van der Waals surface area (Å²) in [5.41, 5.74) is 1.87. The number of azo groups is 1. The van der Waals surface area contributed by atoms with E-state index in [9.17, 15) is 4.39 Å². The molecule has 0 radical (unpaired) electrons. The van der Waals surface area contributed by atoms with Crippen molar-refractivity contribution in [2.45, 2.75) is 0 Å². The van der Waals surface area contributed by atoms with Gasteiger partial charge in [0.15, 0.2) is 0 Å². The van der Waals surface area contributed by atoms with Crippen LogP contribution in [0.15, 0.2) is 65.0 Å². The van der Waals surface area contributed by atoms with Gasteiger partial charge in [-0.15, -0.1) is 5.11 Å². The number of benzene rings is 2. The van der Waals surface area contributed by atoms with E-state index in [0.29, 0.717) is 16.4 Å². The van der Waals surface area contributed by atoms with Crippen molar-refractivity contribution in [3.63, 3.8) is 0 Å². The molecule has 0 saturated heterocycles. The Labute approximate surface area is 119 Å². The lowest BCUT2D eigenvalue weighted by molar-refractivity contribution is 0.628. The molecule has 98 valence electrons. The summed E-state index contributed by atoms with van der Waals surface area (Å²) in [7, 11) is 0. The van der Waals surface area contributed by atoms with Crippen molar-refractivity contribution in [1.29, 1.82) is 0 Å². The lowest BCUT2D eigenvalue weighted by Crippen LogP contribution is -1.78. The van der Waals surface area contributed by atoms with Crippen LogP contribution in [0.3, 0.4) is 0 Å². The smallest absolute Gasteiger partial charge is 0.125 e. The second kappa shape index (κ2) is 5.35. The largest absolute Gasteiger partial charge is 0.256 e. The molecule has 2 aromatic carbocycles. The molecule has 0 amide bonds. The Bertz CT molecular complexity index is 802. The van der Waals surface area contributed by atoms with Gasteiger partial charge in [-0.2, -0.15) is 5.11 Å². The Morgan fingerprint density at radius 1 is 1.00 bits per heavy atom. The van der Waals surface area contributed by atoms with E-state index in [1.54, 1.807) is 36.5 Å². The molecule has 0 aliphatic rings. The van der Waals surface area contributed by atoms with E-state index in [0.717, 1.165) is 10.9 Å². The summed E-state index contributed by atoms with van der Waals surface area (Å²) in [5, 5.41) is 9.64. The first-order valence-corrected chi connectivity index (χ1v) is 6.32. The van der Waals surface area contributed by atoms with Gasteiger partial charge in [0.05, 0.1) is 16.9 Å². The van der Waals surface area contributed by atoms with Crippen molar-refractivity contribution in [3.05, 3.63) is 65.6 Å². The second-order valence-electron chi connectivity index (χ2n) is 4.17. The van der Waals surface area contributed by atoms with Gasteiger partial charge in [-0.1, -0.05) is 17.7 Å². The molecular weight excluding hydrogens is 277 g/mol. The molecule has 0 aliphatic carbocycles. The van der Waals surface area contributed by atoms with E-state index < -0.39 is 0 Å². The molecule has 1 heterocycles. The Balaban J connectivity index is 2.02. The van der Waals surface area contributed by atoms with Crippen molar-refractivity contribution in [1.82, 2.24) is 4.98 Å². The maximum Gasteiger partial charge on any atom is 0.125 e. The molecule has 0 atom stereocenters. The Kier molecular flexibility index (Phi) is 3.39. The van der Waals surface area contributed by atoms with E-state index >= 15 is 0 Å². The summed E-state index contributed by atoms with van der Waals surface area (Å²) in [6.45, 7) is 0. The molecule has 0 aliphatic heterocycles. The highest BCUT2D eigenvalue weighted by Crippen LogP contribution is 2.28. The lowest BCUT2D eigenvalue weighted by atomic mass is 10.2. The van der Waals surface area contributed by atoms with Crippen molar-refractivity contribution < 1.29 is 4.39 Å². The molecule has 0 saturated carbocycles. The first-order valence-electron chi connectivity index (χ1n) is 5.94. The average molecular weight is 286 g/mol. The molecule has 0 fully saturated rings. The fourth-order valence-electron chi connectivity index (χ4n) is 1.84. The molecule has 3 rings (SSSR count). The molecule has 1 aromatic heterocycles. The average Bonchev–Trinajstić information content (AvgIpc) is 2.44. The third-order valence-corrected chi connectivity index (χ3v) is 3.00. The van der Waals surface area contributed by atoms with Crippen LogP contribution in [0.25, 0.3) is 10.9 Å². The second-order valence-corrected chi connectivity index (χ2v) is 4.61. The molecule has 20 heavy (non-hydrogen) atoms. The zero-order valence-electron chi connectivity index (χ0n) is 10.3. The minimum absolute atomic E-state index is 0.340. The summed E-state index contributed by atoms with van der Waals surface area (Å²) in [6.07, 6.45) is 1.64. The van der Waals surface area contributed by atoms with Crippen molar-refractivity contribution in [2.75, 3.05) is 0 Å². The number of hydrogen-bond acceptors (Lipinski definition) is 3. The van der Waals surface area contributed by atoms with Gasteiger partial charge in [0.25, 0.3) is 0 Å². The van der Waals surface area contributed by atoms with Crippen LogP contribution >= 0.6 is 11.6 Å². The van der Waals surface area contributed by atoms with E-state index in [1.807, 2.05) is 6.07 Å². The number of rotatable bonds is 2. The molecule has 5 heteroatoms. The molecule has 3 nitrogen and oxygen atoms in total. The first-order chi connectivity index (χ1) is 9.72. The number of hydrogen-bond donors (Lipinski definition) is 0. The molecule has 3 aromatic rings. The molecular formula is C15H9ClFN3. The van der Waals surface area contributed by atoms with E-state index in [1.165, 1.54) is 12.1 Å². The fraction of sp³-hybridized carbons (Fsp3) is 0. The van der Waals surface area contributed by atoms with Gasteiger partial charge in [-0.25, -0.2) is 4.39 Å². The van der Waals surface area contributed by atoms with Gasteiger partial charge in [0.2, 0.25) is 0 Å². The van der Waals surface area contributed by atoms with Crippen molar-refractivity contribution in [3.8, 4) is 0 Å². The third-order valence-electron chi connectivity index (χ3n) is 2.76. The van der Waals surface area contributed by atoms with Crippen LogP contribution in [-0.2, 0) is 0 Å². The summed E-state index contributed by atoms with van der Waals surface area (Å²) >= 11 is 5.93. The summed E-state index contributed by atoms with van der Waals surface area (Å²) in [4.78, 5) is 4.23. The van der Waals surface area contributed by atoms with E-state index in [-0.39, 0.29) is 5.82 Å². The minimum Gasteiger partial charge on any atom is -0.256 e. The Morgan fingerprint density at radius 2 is 1.90 bits per heavy atom. The summed E-state index contributed by atoms with van der Waals surface area (Å²) in [5.74, 6) is -0.340. The summed E-state index contributed by atoms with van der Waals surface area (Å²) < 4.78 is 13.1. The molecule has 0 bridgehead atoms. The predicted molar refractivity (Wildman–Crippen MR) is 77.3 cm³/mol. The van der Waals surface area contributed by atoms with Gasteiger partial charge in [0, 0.05) is 22.7 Å². The SMILES string of the molecule is Fc1cccc(N=Nc2ccnc3cc(Cl)ccc23)c1. The molecule has 0 spiro atoms. The monoisotopic (exact) mass is 285 g/mol.